The summed E-state index contributed by atoms with van der Waals surface area (Å²) in [5.41, 5.74) is 0.834. The van der Waals surface area contributed by atoms with Gasteiger partial charge in [-0.15, -0.1) is 0 Å². The topological polar surface area (TPSA) is 36.4 Å². The van der Waals surface area contributed by atoms with Crippen LogP contribution >= 0.6 is 15.9 Å². The summed E-state index contributed by atoms with van der Waals surface area (Å²) in [5, 5.41) is 2.20. The Labute approximate surface area is 145 Å². The fourth-order valence-electron chi connectivity index (χ4n) is 3.12. The molecule has 1 aromatic carbocycles. The molecule has 2 heterocycles. The molecule has 0 N–H and O–H groups in total. The van der Waals surface area contributed by atoms with E-state index in [1.165, 1.54) is 0 Å². The summed E-state index contributed by atoms with van der Waals surface area (Å²) < 4.78 is 1.04. The predicted octanol–water partition coefficient (Wildman–Crippen LogP) is 3.09. The largest absolute Gasteiger partial charge is 0.342 e. The summed E-state index contributed by atoms with van der Waals surface area (Å²) in [4.78, 5) is 21.2. The van der Waals surface area contributed by atoms with Crippen molar-refractivity contribution in [3.8, 4) is 0 Å². The molecule has 23 heavy (non-hydrogen) atoms. The van der Waals surface area contributed by atoms with E-state index in [0.29, 0.717) is 12.5 Å². The summed E-state index contributed by atoms with van der Waals surface area (Å²) >= 11 is 3.49. The number of likely N-dealkylation sites (N-methyl/N-ethyl adjacent to an activating group) is 1. The molecule has 0 unspecified atom stereocenters. The van der Waals surface area contributed by atoms with E-state index in [0.717, 1.165) is 46.9 Å². The lowest BCUT2D eigenvalue weighted by atomic mass is 10.0. The molecule has 3 rings (SSSR count). The van der Waals surface area contributed by atoms with Crippen LogP contribution in [0.15, 0.2) is 34.9 Å². The zero-order chi connectivity index (χ0) is 16.4. The number of piperidine rings is 1. The highest BCUT2D eigenvalue weighted by atomic mass is 79.9. The Morgan fingerprint density at radius 2 is 2.04 bits per heavy atom. The molecule has 1 aliphatic heterocycles. The minimum absolute atomic E-state index is 0.154. The molecule has 1 amide bonds. The number of hydrogen-bond donors (Lipinski definition) is 0. The second-order valence-electron chi connectivity index (χ2n) is 6.38. The number of rotatable bonds is 3. The van der Waals surface area contributed by atoms with E-state index in [4.69, 9.17) is 0 Å². The van der Waals surface area contributed by atoms with Crippen molar-refractivity contribution >= 4 is 32.6 Å². The van der Waals surface area contributed by atoms with Crippen LogP contribution in [-0.2, 0) is 11.2 Å². The van der Waals surface area contributed by atoms with E-state index >= 15 is 0 Å². The number of likely N-dealkylation sites (tertiary alicyclic amines) is 1. The lowest BCUT2D eigenvalue weighted by molar-refractivity contribution is -0.132. The van der Waals surface area contributed by atoms with Crippen molar-refractivity contribution in [3.05, 3.63) is 40.6 Å². The standard InChI is InChI=1S/C18H22BrN3O/c1-21-7-5-17(6-8-21)22(2)18(23)11-16-10-14-9-15(19)4-3-13(14)12-20-16/h3-4,9-10,12,17H,5-8,11H2,1-2H3. The number of pyridine rings is 1. The third kappa shape index (κ3) is 3.90. The van der Waals surface area contributed by atoms with Crippen molar-refractivity contribution in [2.24, 2.45) is 0 Å². The van der Waals surface area contributed by atoms with Gasteiger partial charge in [0.15, 0.2) is 0 Å². The molecule has 2 aromatic rings. The SMILES string of the molecule is CN1CCC(N(C)C(=O)Cc2cc3cc(Br)ccc3cn2)CC1. The van der Waals surface area contributed by atoms with Crippen LogP contribution in [0.4, 0.5) is 0 Å². The zero-order valence-electron chi connectivity index (χ0n) is 13.6. The van der Waals surface area contributed by atoms with E-state index in [1.54, 1.807) is 0 Å². The Morgan fingerprint density at radius 3 is 2.78 bits per heavy atom. The molecule has 0 bridgehead atoms. The molecule has 0 radical (unpaired) electrons. The third-order valence-electron chi connectivity index (χ3n) is 4.70. The van der Waals surface area contributed by atoms with Gasteiger partial charge in [-0.3, -0.25) is 9.78 Å². The van der Waals surface area contributed by atoms with Crippen molar-refractivity contribution in [1.82, 2.24) is 14.8 Å². The van der Waals surface area contributed by atoms with Crippen molar-refractivity contribution in [2.75, 3.05) is 27.2 Å². The average Bonchev–Trinajstić information content (AvgIpc) is 2.54. The molecule has 4 nitrogen and oxygen atoms in total. The van der Waals surface area contributed by atoms with Crippen LogP contribution < -0.4 is 0 Å². The summed E-state index contributed by atoms with van der Waals surface area (Å²) in [7, 11) is 4.06. The van der Waals surface area contributed by atoms with Gasteiger partial charge < -0.3 is 9.80 Å². The minimum atomic E-state index is 0.154. The van der Waals surface area contributed by atoms with Crippen LogP contribution in [0.25, 0.3) is 10.8 Å². The molecule has 1 saturated heterocycles. The maximum absolute atomic E-state index is 12.6. The number of benzene rings is 1. The fraction of sp³-hybridized carbons (Fsp3) is 0.444. The van der Waals surface area contributed by atoms with Crippen molar-refractivity contribution < 1.29 is 4.79 Å². The molecule has 0 aliphatic carbocycles. The van der Waals surface area contributed by atoms with E-state index in [9.17, 15) is 4.79 Å². The maximum Gasteiger partial charge on any atom is 0.228 e. The first kappa shape index (κ1) is 16.4. The first-order chi connectivity index (χ1) is 11.0. The number of carbonyl (C=O) groups excluding carboxylic acids is 1. The van der Waals surface area contributed by atoms with Gasteiger partial charge in [0, 0.05) is 29.1 Å². The average molecular weight is 376 g/mol. The van der Waals surface area contributed by atoms with Crippen LogP contribution in [0, 0.1) is 0 Å². The predicted molar refractivity (Wildman–Crippen MR) is 96.4 cm³/mol. The van der Waals surface area contributed by atoms with Crippen LogP contribution in [0.5, 0.6) is 0 Å². The molecule has 0 spiro atoms. The fourth-order valence-corrected chi connectivity index (χ4v) is 3.50. The quantitative estimate of drug-likeness (QED) is 0.826. The maximum atomic E-state index is 12.6. The molecular formula is C18H22BrN3O. The van der Waals surface area contributed by atoms with Gasteiger partial charge in [0.2, 0.25) is 5.91 Å². The lowest BCUT2D eigenvalue weighted by Crippen LogP contribution is -2.45. The number of hydrogen-bond acceptors (Lipinski definition) is 3. The van der Waals surface area contributed by atoms with E-state index in [1.807, 2.05) is 36.3 Å². The molecule has 122 valence electrons. The Balaban J connectivity index is 1.69. The summed E-state index contributed by atoms with van der Waals surface area (Å²) in [5.74, 6) is 0.154. The zero-order valence-corrected chi connectivity index (χ0v) is 15.2. The summed E-state index contributed by atoms with van der Waals surface area (Å²) in [6, 6.07) is 8.46. The highest BCUT2D eigenvalue weighted by Gasteiger charge is 2.24. The molecule has 0 atom stereocenters. The first-order valence-corrected chi connectivity index (χ1v) is 8.80. The summed E-state index contributed by atoms with van der Waals surface area (Å²) in [6.45, 7) is 2.12. The normalized spacial score (nSPS) is 16.7. The van der Waals surface area contributed by atoms with Crippen molar-refractivity contribution in [1.29, 1.82) is 0 Å². The number of fused-ring (bicyclic) bond motifs is 1. The lowest BCUT2D eigenvalue weighted by Gasteiger charge is -2.35. The summed E-state index contributed by atoms with van der Waals surface area (Å²) in [6.07, 6.45) is 4.32. The Bertz CT molecular complexity index is 710. The second kappa shape index (κ2) is 6.97. The van der Waals surface area contributed by atoms with Gasteiger partial charge in [0.05, 0.1) is 12.1 Å². The van der Waals surface area contributed by atoms with Crippen molar-refractivity contribution in [2.45, 2.75) is 25.3 Å². The van der Waals surface area contributed by atoms with Crippen LogP contribution in [0.3, 0.4) is 0 Å². The van der Waals surface area contributed by atoms with Gasteiger partial charge in [0.25, 0.3) is 0 Å². The molecular weight excluding hydrogens is 354 g/mol. The molecule has 5 heteroatoms. The highest BCUT2D eigenvalue weighted by molar-refractivity contribution is 9.10. The molecule has 1 fully saturated rings. The smallest absolute Gasteiger partial charge is 0.228 e. The van der Waals surface area contributed by atoms with Crippen molar-refractivity contribution in [3.63, 3.8) is 0 Å². The Hall–Kier alpha value is -1.46. The Morgan fingerprint density at radius 1 is 1.30 bits per heavy atom. The first-order valence-electron chi connectivity index (χ1n) is 8.01. The number of amides is 1. The monoisotopic (exact) mass is 375 g/mol. The number of aromatic nitrogens is 1. The second-order valence-corrected chi connectivity index (χ2v) is 7.30. The van der Waals surface area contributed by atoms with E-state index in [-0.39, 0.29) is 5.91 Å². The third-order valence-corrected chi connectivity index (χ3v) is 5.20. The number of nitrogens with zero attached hydrogens (tertiary/aromatic N) is 3. The minimum Gasteiger partial charge on any atom is -0.342 e. The molecule has 0 saturated carbocycles. The van der Waals surface area contributed by atoms with Gasteiger partial charge in [-0.05, 0) is 56.6 Å². The molecule has 1 aromatic heterocycles. The number of carbonyl (C=O) groups is 1. The van der Waals surface area contributed by atoms with Gasteiger partial charge in [0.1, 0.15) is 0 Å². The van der Waals surface area contributed by atoms with Gasteiger partial charge in [-0.2, -0.15) is 0 Å². The van der Waals surface area contributed by atoms with E-state index < -0.39 is 0 Å². The van der Waals surface area contributed by atoms with Gasteiger partial charge in [-0.1, -0.05) is 22.0 Å². The van der Waals surface area contributed by atoms with Crippen LogP contribution in [0.2, 0.25) is 0 Å². The number of halogens is 1. The van der Waals surface area contributed by atoms with Gasteiger partial charge >= 0.3 is 0 Å². The van der Waals surface area contributed by atoms with E-state index in [2.05, 4.69) is 38.9 Å². The highest BCUT2D eigenvalue weighted by Crippen LogP contribution is 2.20. The molecule has 1 aliphatic rings. The van der Waals surface area contributed by atoms with Crippen LogP contribution in [0.1, 0.15) is 18.5 Å². The van der Waals surface area contributed by atoms with Crippen LogP contribution in [-0.4, -0.2) is 53.9 Å². The van der Waals surface area contributed by atoms with Gasteiger partial charge in [-0.25, -0.2) is 0 Å². The Kier molecular flexibility index (Phi) is 4.97.